The van der Waals surface area contributed by atoms with E-state index >= 15 is 0 Å². The third kappa shape index (κ3) is 3.56. The molecule has 0 aliphatic rings. The van der Waals surface area contributed by atoms with Crippen molar-refractivity contribution in [3.05, 3.63) is 67.6 Å². The molecule has 0 saturated heterocycles. The zero-order valence-corrected chi connectivity index (χ0v) is 12.9. The van der Waals surface area contributed by atoms with E-state index in [1.54, 1.807) is 30.3 Å². The van der Waals surface area contributed by atoms with E-state index < -0.39 is 0 Å². The Kier molecular flexibility index (Phi) is 4.99. The number of rotatable bonds is 3. The van der Waals surface area contributed by atoms with Crippen LogP contribution in [0.2, 0.25) is 20.1 Å². The van der Waals surface area contributed by atoms with Crippen LogP contribution in [-0.4, -0.2) is 0 Å². The van der Waals surface area contributed by atoms with Crippen LogP contribution >= 0.6 is 46.4 Å². The van der Waals surface area contributed by atoms with Gasteiger partial charge in [0, 0.05) is 16.1 Å². The molecule has 19 heavy (non-hydrogen) atoms. The Morgan fingerprint density at radius 1 is 0.842 bits per heavy atom. The van der Waals surface area contributed by atoms with Gasteiger partial charge in [-0.25, -0.2) is 0 Å². The molecule has 2 aromatic carbocycles. The molecule has 100 valence electrons. The molecule has 1 unspecified atom stereocenters. The molecule has 0 spiro atoms. The van der Waals surface area contributed by atoms with Crippen LogP contribution in [0.25, 0.3) is 0 Å². The Morgan fingerprint density at radius 3 is 2.05 bits per heavy atom. The van der Waals surface area contributed by atoms with Gasteiger partial charge in [-0.2, -0.15) is 0 Å². The minimum absolute atomic E-state index is 0.243. The monoisotopic (exact) mass is 333 g/mol. The van der Waals surface area contributed by atoms with Crippen molar-refractivity contribution in [2.75, 3.05) is 0 Å². The standard InChI is InChI=1S/C14H11Cl4N/c15-10-2-1-3-11(16)9(10)7-14(19)8-4-5-12(17)13(18)6-8/h1-6,14H,7,19H2. The highest BCUT2D eigenvalue weighted by molar-refractivity contribution is 6.42. The average Bonchev–Trinajstić information content (AvgIpc) is 2.37. The second kappa shape index (κ2) is 6.34. The highest BCUT2D eigenvalue weighted by Gasteiger charge is 2.13. The van der Waals surface area contributed by atoms with Crippen LogP contribution in [0.5, 0.6) is 0 Å². The molecule has 1 nitrogen and oxygen atoms in total. The van der Waals surface area contributed by atoms with E-state index in [9.17, 15) is 0 Å². The molecule has 0 fully saturated rings. The molecular weight excluding hydrogens is 324 g/mol. The summed E-state index contributed by atoms with van der Waals surface area (Å²) in [6.45, 7) is 0. The molecule has 0 aliphatic heterocycles. The number of hydrogen-bond donors (Lipinski definition) is 1. The van der Waals surface area contributed by atoms with Crippen LogP contribution in [0.15, 0.2) is 36.4 Å². The fraction of sp³-hybridized carbons (Fsp3) is 0.143. The Morgan fingerprint density at radius 2 is 1.47 bits per heavy atom. The maximum Gasteiger partial charge on any atom is 0.0595 e. The maximum atomic E-state index is 6.16. The van der Waals surface area contributed by atoms with Crippen LogP contribution in [0.3, 0.4) is 0 Å². The first-order chi connectivity index (χ1) is 8.99. The molecule has 1 atom stereocenters. The van der Waals surface area contributed by atoms with Crippen molar-refractivity contribution >= 4 is 46.4 Å². The van der Waals surface area contributed by atoms with E-state index in [2.05, 4.69) is 0 Å². The van der Waals surface area contributed by atoms with Gasteiger partial charge in [0.15, 0.2) is 0 Å². The normalized spacial score (nSPS) is 12.5. The first-order valence-electron chi connectivity index (χ1n) is 5.62. The third-order valence-electron chi connectivity index (χ3n) is 2.86. The van der Waals surface area contributed by atoms with Gasteiger partial charge in [-0.1, -0.05) is 58.5 Å². The van der Waals surface area contributed by atoms with E-state index in [-0.39, 0.29) is 6.04 Å². The fourth-order valence-electron chi connectivity index (χ4n) is 1.81. The summed E-state index contributed by atoms with van der Waals surface area (Å²) in [6.07, 6.45) is 0.538. The van der Waals surface area contributed by atoms with Gasteiger partial charge < -0.3 is 5.73 Å². The van der Waals surface area contributed by atoms with Crippen molar-refractivity contribution in [1.82, 2.24) is 0 Å². The highest BCUT2D eigenvalue weighted by atomic mass is 35.5. The van der Waals surface area contributed by atoms with E-state index in [0.29, 0.717) is 26.5 Å². The Balaban J connectivity index is 2.25. The molecule has 0 bridgehead atoms. The van der Waals surface area contributed by atoms with Gasteiger partial charge in [-0.3, -0.25) is 0 Å². The summed E-state index contributed by atoms with van der Waals surface area (Å²) >= 11 is 24.1. The number of halogens is 4. The van der Waals surface area contributed by atoms with Crippen molar-refractivity contribution in [1.29, 1.82) is 0 Å². The van der Waals surface area contributed by atoms with Gasteiger partial charge in [0.05, 0.1) is 10.0 Å². The molecule has 2 N–H and O–H groups in total. The summed E-state index contributed by atoms with van der Waals surface area (Å²) in [6, 6.07) is 10.5. The Hall–Kier alpha value is -0.440. The first kappa shape index (κ1) is 15.0. The molecule has 0 aliphatic carbocycles. The molecule has 0 saturated carbocycles. The predicted molar refractivity (Wildman–Crippen MR) is 83.6 cm³/mol. The van der Waals surface area contributed by atoms with E-state index in [0.717, 1.165) is 11.1 Å². The lowest BCUT2D eigenvalue weighted by Crippen LogP contribution is -2.13. The van der Waals surface area contributed by atoms with Gasteiger partial charge in [-0.05, 0) is 41.8 Å². The highest BCUT2D eigenvalue weighted by Crippen LogP contribution is 2.30. The van der Waals surface area contributed by atoms with E-state index in [1.807, 2.05) is 6.07 Å². The third-order valence-corrected chi connectivity index (χ3v) is 4.30. The lowest BCUT2D eigenvalue weighted by molar-refractivity contribution is 0.722. The molecule has 0 aromatic heterocycles. The summed E-state index contributed by atoms with van der Waals surface area (Å²) in [5.74, 6) is 0. The zero-order chi connectivity index (χ0) is 14.0. The smallest absolute Gasteiger partial charge is 0.0595 e. The molecule has 0 radical (unpaired) electrons. The number of nitrogens with two attached hydrogens (primary N) is 1. The van der Waals surface area contributed by atoms with Crippen LogP contribution in [0.1, 0.15) is 17.2 Å². The van der Waals surface area contributed by atoms with Gasteiger partial charge in [0.2, 0.25) is 0 Å². The van der Waals surface area contributed by atoms with Crippen molar-refractivity contribution in [2.45, 2.75) is 12.5 Å². The lowest BCUT2D eigenvalue weighted by atomic mass is 9.99. The topological polar surface area (TPSA) is 26.0 Å². The summed E-state index contributed by atoms with van der Waals surface area (Å²) in [4.78, 5) is 0. The van der Waals surface area contributed by atoms with Crippen molar-refractivity contribution in [3.8, 4) is 0 Å². The van der Waals surface area contributed by atoms with Gasteiger partial charge >= 0.3 is 0 Å². The molecule has 2 rings (SSSR count). The largest absolute Gasteiger partial charge is 0.324 e. The maximum absolute atomic E-state index is 6.16. The molecule has 2 aromatic rings. The number of benzene rings is 2. The molecule has 0 heterocycles. The van der Waals surface area contributed by atoms with Crippen molar-refractivity contribution in [3.63, 3.8) is 0 Å². The van der Waals surface area contributed by atoms with E-state index in [1.165, 1.54) is 0 Å². The minimum Gasteiger partial charge on any atom is -0.324 e. The zero-order valence-electron chi connectivity index (χ0n) is 9.84. The summed E-state index contributed by atoms with van der Waals surface area (Å²) in [7, 11) is 0. The van der Waals surface area contributed by atoms with Gasteiger partial charge in [-0.15, -0.1) is 0 Å². The Labute approximate surface area is 132 Å². The molecular formula is C14H11Cl4N. The Bertz CT molecular complexity index is 578. The predicted octanol–water partition coefficient (Wildman–Crippen LogP) is 5.54. The van der Waals surface area contributed by atoms with Crippen molar-refractivity contribution < 1.29 is 0 Å². The van der Waals surface area contributed by atoms with Crippen LogP contribution in [-0.2, 0) is 6.42 Å². The van der Waals surface area contributed by atoms with Crippen LogP contribution in [0, 0.1) is 0 Å². The average molecular weight is 335 g/mol. The SMILES string of the molecule is NC(Cc1c(Cl)cccc1Cl)c1ccc(Cl)c(Cl)c1. The van der Waals surface area contributed by atoms with Crippen molar-refractivity contribution in [2.24, 2.45) is 5.73 Å². The second-order valence-electron chi connectivity index (χ2n) is 4.18. The molecule has 0 amide bonds. The van der Waals surface area contributed by atoms with Crippen LogP contribution in [0.4, 0.5) is 0 Å². The van der Waals surface area contributed by atoms with Crippen LogP contribution < -0.4 is 5.73 Å². The quantitative estimate of drug-likeness (QED) is 0.783. The molecule has 5 heteroatoms. The van der Waals surface area contributed by atoms with E-state index in [4.69, 9.17) is 52.1 Å². The minimum atomic E-state index is -0.243. The summed E-state index contributed by atoms with van der Waals surface area (Å²) in [5.41, 5.74) is 7.90. The first-order valence-corrected chi connectivity index (χ1v) is 7.13. The fourth-order valence-corrected chi connectivity index (χ4v) is 2.67. The summed E-state index contributed by atoms with van der Waals surface area (Å²) in [5, 5.41) is 2.22. The summed E-state index contributed by atoms with van der Waals surface area (Å²) < 4.78 is 0. The number of hydrogen-bond acceptors (Lipinski definition) is 1. The second-order valence-corrected chi connectivity index (χ2v) is 5.81. The lowest BCUT2D eigenvalue weighted by Gasteiger charge is -2.15. The van der Waals surface area contributed by atoms with Gasteiger partial charge in [0.25, 0.3) is 0 Å². The van der Waals surface area contributed by atoms with Gasteiger partial charge in [0.1, 0.15) is 0 Å².